The number of nitrogens with zero attached hydrogens (tertiary/aromatic N) is 2. The van der Waals surface area contributed by atoms with E-state index in [0.717, 1.165) is 37.4 Å². The van der Waals surface area contributed by atoms with E-state index in [1.54, 1.807) is 0 Å². The average Bonchev–Trinajstić information content (AvgIpc) is 2.47. The molecule has 1 saturated heterocycles. The zero-order valence-electron chi connectivity index (χ0n) is 12.9. The molecule has 0 aromatic heterocycles. The monoisotopic (exact) mass is 277 g/mol. The lowest BCUT2D eigenvalue weighted by Crippen LogP contribution is -2.46. The first kappa shape index (κ1) is 15.1. The van der Waals surface area contributed by atoms with Crippen molar-refractivity contribution in [2.75, 3.05) is 44.7 Å². The summed E-state index contributed by atoms with van der Waals surface area (Å²) >= 11 is 0. The normalized spacial score (nSPS) is 18.2. The second-order valence-electron chi connectivity index (χ2n) is 5.58. The van der Waals surface area contributed by atoms with Crippen molar-refractivity contribution in [2.45, 2.75) is 26.3 Å². The van der Waals surface area contributed by atoms with E-state index in [-0.39, 0.29) is 6.04 Å². The maximum absolute atomic E-state index is 10.2. The highest BCUT2D eigenvalue weighted by Crippen LogP contribution is 2.29. The van der Waals surface area contributed by atoms with E-state index in [9.17, 15) is 5.11 Å². The molecule has 0 spiro atoms. The van der Waals surface area contributed by atoms with Gasteiger partial charge >= 0.3 is 0 Å². The molecule has 1 heterocycles. The molecule has 2 N–H and O–H groups in total. The fourth-order valence-corrected chi connectivity index (χ4v) is 2.80. The van der Waals surface area contributed by atoms with Crippen molar-refractivity contribution in [3.63, 3.8) is 0 Å². The summed E-state index contributed by atoms with van der Waals surface area (Å²) in [5.74, 6) is 0.389. The quantitative estimate of drug-likeness (QED) is 0.865. The van der Waals surface area contributed by atoms with Crippen LogP contribution in [0.15, 0.2) is 18.2 Å². The Morgan fingerprint density at radius 2 is 1.95 bits per heavy atom. The van der Waals surface area contributed by atoms with Gasteiger partial charge in [0.05, 0.1) is 0 Å². The molecule has 112 valence electrons. The molecule has 0 aliphatic carbocycles. The molecule has 0 saturated carbocycles. The summed E-state index contributed by atoms with van der Waals surface area (Å²) in [6.07, 6.45) is 1.22. The fourth-order valence-electron chi connectivity index (χ4n) is 2.80. The predicted molar refractivity (Wildman–Crippen MR) is 84.5 cm³/mol. The lowest BCUT2D eigenvalue weighted by Gasteiger charge is -2.36. The zero-order valence-corrected chi connectivity index (χ0v) is 12.9. The molecule has 0 amide bonds. The van der Waals surface area contributed by atoms with E-state index in [2.05, 4.69) is 35.0 Å². The van der Waals surface area contributed by atoms with Crippen LogP contribution in [0.5, 0.6) is 5.75 Å². The second kappa shape index (κ2) is 6.95. The van der Waals surface area contributed by atoms with Crippen molar-refractivity contribution in [1.82, 2.24) is 10.2 Å². The number of anilines is 1. The Kier molecular flexibility index (Phi) is 5.26. The predicted octanol–water partition coefficient (Wildman–Crippen LogP) is 2.20. The van der Waals surface area contributed by atoms with Crippen molar-refractivity contribution >= 4 is 5.69 Å². The summed E-state index contributed by atoms with van der Waals surface area (Å²) in [5, 5.41) is 13.3. The van der Waals surface area contributed by atoms with Crippen LogP contribution in [0.2, 0.25) is 0 Å². The average molecular weight is 277 g/mol. The Hall–Kier alpha value is -1.26. The lowest BCUT2D eigenvalue weighted by atomic mass is 10.1. The SMILES string of the molecule is CCCN1CCN(c2ccc(C(C)NC)c(O)c2)CC1. The van der Waals surface area contributed by atoms with E-state index >= 15 is 0 Å². The number of hydrogen-bond acceptors (Lipinski definition) is 4. The minimum Gasteiger partial charge on any atom is -0.508 e. The molecule has 1 atom stereocenters. The zero-order chi connectivity index (χ0) is 14.5. The Morgan fingerprint density at radius 3 is 2.50 bits per heavy atom. The van der Waals surface area contributed by atoms with E-state index in [4.69, 9.17) is 0 Å². The number of benzene rings is 1. The van der Waals surface area contributed by atoms with Crippen molar-refractivity contribution in [2.24, 2.45) is 0 Å². The third-order valence-electron chi connectivity index (χ3n) is 4.19. The Bertz CT molecular complexity index is 428. The Labute approximate surface area is 122 Å². The Balaban J connectivity index is 2.02. The number of nitrogens with one attached hydrogen (secondary N) is 1. The van der Waals surface area contributed by atoms with Gasteiger partial charge < -0.3 is 15.3 Å². The van der Waals surface area contributed by atoms with E-state index < -0.39 is 0 Å². The minimum atomic E-state index is 0.172. The van der Waals surface area contributed by atoms with E-state index in [1.165, 1.54) is 13.0 Å². The summed E-state index contributed by atoms with van der Waals surface area (Å²) in [6, 6.07) is 6.23. The number of aromatic hydroxyl groups is 1. The van der Waals surface area contributed by atoms with E-state index in [0.29, 0.717) is 5.75 Å². The Morgan fingerprint density at radius 1 is 1.25 bits per heavy atom. The van der Waals surface area contributed by atoms with Gasteiger partial charge in [-0.2, -0.15) is 0 Å². The van der Waals surface area contributed by atoms with Crippen LogP contribution in [0.4, 0.5) is 5.69 Å². The van der Waals surface area contributed by atoms with Crippen LogP contribution in [0, 0.1) is 0 Å². The standard InChI is InChI=1S/C16H27N3O/c1-4-7-18-8-10-19(11-9-18)14-5-6-15(13(2)17-3)16(20)12-14/h5-6,12-13,17,20H,4,7-11H2,1-3H3. The van der Waals surface area contributed by atoms with E-state index in [1.807, 2.05) is 19.2 Å². The van der Waals surface area contributed by atoms with Crippen LogP contribution in [0.3, 0.4) is 0 Å². The number of phenolic OH excluding ortho intramolecular Hbond substituents is 1. The molecule has 1 aliphatic heterocycles. The van der Waals surface area contributed by atoms with Crippen LogP contribution >= 0.6 is 0 Å². The summed E-state index contributed by atoms with van der Waals surface area (Å²) in [4.78, 5) is 4.87. The summed E-state index contributed by atoms with van der Waals surface area (Å²) in [5.41, 5.74) is 2.09. The number of piperazine rings is 1. The molecule has 1 unspecified atom stereocenters. The van der Waals surface area contributed by atoms with Crippen molar-refractivity contribution in [1.29, 1.82) is 0 Å². The summed E-state index contributed by atoms with van der Waals surface area (Å²) < 4.78 is 0. The van der Waals surface area contributed by atoms with Crippen molar-refractivity contribution in [3.05, 3.63) is 23.8 Å². The van der Waals surface area contributed by atoms with Crippen LogP contribution in [-0.4, -0.2) is 49.8 Å². The second-order valence-corrected chi connectivity index (χ2v) is 5.58. The molecule has 20 heavy (non-hydrogen) atoms. The lowest BCUT2D eigenvalue weighted by molar-refractivity contribution is 0.258. The van der Waals surface area contributed by atoms with Crippen molar-refractivity contribution in [3.8, 4) is 5.75 Å². The first-order valence-corrected chi connectivity index (χ1v) is 7.63. The summed E-state index contributed by atoms with van der Waals surface area (Å²) in [7, 11) is 1.91. The molecular weight excluding hydrogens is 250 g/mol. The molecule has 0 radical (unpaired) electrons. The topological polar surface area (TPSA) is 38.7 Å². The van der Waals surface area contributed by atoms with Crippen LogP contribution < -0.4 is 10.2 Å². The van der Waals surface area contributed by atoms with Crippen LogP contribution in [-0.2, 0) is 0 Å². The van der Waals surface area contributed by atoms with Gasteiger partial charge in [0.15, 0.2) is 0 Å². The molecule has 4 nitrogen and oxygen atoms in total. The van der Waals surface area contributed by atoms with Gasteiger partial charge in [0.2, 0.25) is 0 Å². The summed E-state index contributed by atoms with van der Waals surface area (Å²) in [6.45, 7) is 9.79. The molecule has 0 bridgehead atoms. The molecule has 1 aliphatic rings. The number of rotatable bonds is 5. The molecule has 1 fully saturated rings. The maximum Gasteiger partial charge on any atom is 0.122 e. The molecular formula is C16H27N3O. The smallest absolute Gasteiger partial charge is 0.122 e. The largest absolute Gasteiger partial charge is 0.508 e. The molecule has 1 aromatic carbocycles. The van der Waals surface area contributed by atoms with Gasteiger partial charge in [-0.1, -0.05) is 13.0 Å². The highest BCUT2D eigenvalue weighted by Gasteiger charge is 2.18. The minimum absolute atomic E-state index is 0.172. The highest BCUT2D eigenvalue weighted by molar-refractivity contribution is 5.54. The van der Waals surface area contributed by atoms with Crippen molar-refractivity contribution < 1.29 is 5.11 Å². The third kappa shape index (κ3) is 3.44. The van der Waals surface area contributed by atoms with Gasteiger partial charge in [0.25, 0.3) is 0 Å². The number of phenols is 1. The fraction of sp³-hybridized carbons (Fsp3) is 0.625. The highest BCUT2D eigenvalue weighted by atomic mass is 16.3. The van der Waals surface area contributed by atoms with Gasteiger partial charge in [0.1, 0.15) is 5.75 Å². The molecule has 4 heteroatoms. The first-order valence-electron chi connectivity index (χ1n) is 7.63. The maximum atomic E-state index is 10.2. The van der Waals surface area contributed by atoms with Gasteiger partial charge in [-0.15, -0.1) is 0 Å². The van der Waals surface area contributed by atoms with Gasteiger partial charge in [-0.25, -0.2) is 0 Å². The van der Waals surface area contributed by atoms with Gasteiger partial charge in [-0.3, -0.25) is 4.90 Å². The molecule has 1 aromatic rings. The van der Waals surface area contributed by atoms with Gasteiger partial charge in [0, 0.05) is 49.5 Å². The third-order valence-corrected chi connectivity index (χ3v) is 4.19. The molecule has 2 rings (SSSR count). The van der Waals surface area contributed by atoms with Gasteiger partial charge in [-0.05, 0) is 33.0 Å². The van der Waals surface area contributed by atoms with Crippen LogP contribution in [0.25, 0.3) is 0 Å². The first-order chi connectivity index (χ1) is 9.65. The van der Waals surface area contributed by atoms with Crippen LogP contribution in [0.1, 0.15) is 31.9 Å². The number of hydrogen-bond donors (Lipinski definition) is 2.